The first kappa shape index (κ1) is 12.4. The van der Waals surface area contributed by atoms with Crippen molar-refractivity contribution in [3.63, 3.8) is 0 Å². The number of furan rings is 1. The molecule has 0 aliphatic rings. The summed E-state index contributed by atoms with van der Waals surface area (Å²) in [6, 6.07) is 3.33. The molecule has 0 radical (unpaired) electrons. The Labute approximate surface area is 109 Å². The molecule has 0 fully saturated rings. The summed E-state index contributed by atoms with van der Waals surface area (Å²) in [5, 5.41) is 2.82. The van der Waals surface area contributed by atoms with Crippen molar-refractivity contribution in [2.24, 2.45) is 0 Å². The van der Waals surface area contributed by atoms with Gasteiger partial charge in [-0.05, 0) is 23.7 Å². The summed E-state index contributed by atoms with van der Waals surface area (Å²) in [6.07, 6.45) is 4.62. The van der Waals surface area contributed by atoms with E-state index in [1.165, 1.54) is 12.3 Å². The molecule has 0 unspecified atom stereocenters. The van der Waals surface area contributed by atoms with Gasteiger partial charge in [0.15, 0.2) is 0 Å². The van der Waals surface area contributed by atoms with Gasteiger partial charge in [-0.25, -0.2) is 0 Å². The van der Waals surface area contributed by atoms with E-state index in [1.807, 2.05) is 25.1 Å². The van der Waals surface area contributed by atoms with Gasteiger partial charge in [-0.2, -0.15) is 0 Å². The number of carbonyl (C=O) groups is 1. The van der Waals surface area contributed by atoms with Crippen LogP contribution in [-0.4, -0.2) is 25.0 Å². The predicted molar refractivity (Wildman–Crippen MR) is 70.2 cm³/mol. The fraction of sp³-hybridized carbons (Fsp3) is 0.167. The van der Waals surface area contributed by atoms with Crippen molar-refractivity contribution in [1.82, 2.24) is 4.98 Å². The number of halogens is 1. The molecular formula is C12H12ClN3O2. The van der Waals surface area contributed by atoms with E-state index in [2.05, 4.69) is 10.3 Å². The lowest BCUT2D eigenvalue weighted by atomic mass is 10.3. The Morgan fingerprint density at radius 1 is 1.44 bits per heavy atom. The van der Waals surface area contributed by atoms with Gasteiger partial charge >= 0.3 is 0 Å². The summed E-state index contributed by atoms with van der Waals surface area (Å²) in [6.45, 7) is 0. The van der Waals surface area contributed by atoms with Gasteiger partial charge in [-0.15, -0.1) is 0 Å². The average molecular weight is 266 g/mol. The largest absolute Gasteiger partial charge is 0.452 e. The standard InChI is InChI=1S/C12H12ClN3O2/c1-16(2)10-3-5-14-7-9(10)15-12(17)8-4-6-18-11(8)13/h3-7H,1-2H3,(H,15,17). The fourth-order valence-corrected chi connectivity index (χ4v) is 1.72. The van der Waals surface area contributed by atoms with Crippen LogP contribution in [0.1, 0.15) is 10.4 Å². The summed E-state index contributed by atoms with van der Waals surface area (Å²) in [5.41, 5.74) is 1.77. The predicted octanol–water partition coefficient (Wildman–Crippen LogP) is 2.65. The van der Waals surface area contributed by atoms with Crippen molar-refractivity contribution >= 4 is 28.9 Å². The lowest BCUT2D eigenvalue weighted by molar-refractivity contribution is 0.102. The lowest BCUT2D eigenvalue weighted by Gasteiger charge is -2.16. The second-order valence-corrected chi connectivity index (χ2v) is 4.19. The van der Waals surface area contributed by atoms with Crippen LogP contribution in [0.2, 0.25) is 5.22 Å². The summed E-state index contributed by atoms with van der Waals surface area (Å²) in [5.74, 6) is -0.329. The highest BCUT2D eigenvalue weighted by molar-refractivity contribution is 6.32. The lowest BCUT2D eigenvalue weighted by Crippen LogP contribution is -2.16. The number of amides is 1. The molecule has 2 rings (SSSR count). The monoisotopic (exact) mass is 265 g/mol. The summed E-state index contributed by atoms with van der Waals surface area (Å²) >= 11 is 5.75. The number of aromatic nitrogens is 1. The molecule has 0 saturated carbocycles. The van der Waals surface area contributed by atoms with E-state index in [9.17, 15) is 4.79 Å². The van der Waals surface area contributed by atoms with Crippen molar-refractivity contribution in [2.45, 2.75) is 0 Å². The van der Waals surface area contributed by atoms with Crippen molar-refractivity contribution in [1.29, 1.82) is 0 Å². The molecule has 94 valence electrons. The minimum atomic E-state index is -0.329. The number of rotatable bonds is 3. The van der Waals surface area contributed by atoms with Crippen LogP contribution in [0.5, 0.6) is 0 Å². The third-order valence-electron chi connectivity index (χ3n) is 2.39. The highest BCUT2D eigenvalue weighted by Crippen LogP contribution is 2.24. The quantitative estimate of drug-likeness (QED) is 0.927. The van der Waals surface area contributed by atoms with Crippen LogP contribution in [0.4, 0.5) is 11.4 Å². The molecule has 2 heterocycles. The van der Waals surface area contributed by atoms with Gasteiger partial charge in [0, 0.05) is 20.3 Å². The van der Waals surface area contributed by atoms with Crippen LogP contribution in [0.15, 0.2) is 35.2 Å². The molecule has 0 atom stereocenters. The van der Waals surface area contributed by atoms with Crippen LogP contribution >= 0.6 is 11.6 Å². The summed E-state index contributed by atoms with van der Waals surface area (Å²) < 4.78 is 4.88. The van der Waals surface area contributed by atoms with Gasteiger partial charge in [0.05, 0.1) is 29.4 Å². The molecule has 0 spiro atoms. The van der Waals surface area contributed by atoms with Crippen LogP contribution in [0, 0.1) is 0 Å². The van der Waals surface area contributed by atoms with Gasteiger partial charge < -0.3 is 14.6 Å². The van der Waals surface area contributed by atoms with Crippen molar-refractivity contribution in [3.05, 3.63) is 41.6 Å². The van der Waals surface area contributed by atoms with E-state index in [0.717, 1.165) is 5.69 Å². The maximum absolute atomic E-state index is 12.0. The van der Waals surface area contributed by atoms with E-state index < -0.39 is 0 Å². The Morgan fingerprint density at radius 2 is 2.22 bits per heavy atom. The van der Waals surface area contributed by atoms with Crippen LogP contribution in [-0.2, 0) is 0 Å². The zero-order valence-corrected chi connectivity index (χ0v) is 10.7. The molecule has 0 bridgehead atoms. The smallest absolute Gasteiger partial charge is 0.260 e. The molecule has 0 saturated heterocycles. The first-order valence-electron chi connectivity index (χ1n) is 5.25. The number of nitrogens with one attached hydrogen (secondary N) is 1. The number of hydrogen-bond donors (Lipinski definition) is 1. The Kier molecular flexibility index (Phi) is 3.53. The van der Waals surface area contributed by atoms with E-state index in [0.29, 0.717) is 11.3 Å². The fourth-order valence-electron chi connectivity index (χ4n) is 1.52. The van der Waals surface area contributed by atoms with Gasteiger partial charge in [-0.3, -0.25) is 9.78 Å². The minimum Gasteiger partial charge on any atom is -0.452 e. The molecule has 2 aromatic heterocycles. The van der Waals surface area contributed by atoms with Gasteiger partial charge in [-0.1, -0.05) is 0 Å². The van der Waals surface area contributed by atoms with Gasteiger partial charge in [0.2, 0.25) is 5.22 Å². The number of hydrogen-bond acceptors (Lipinski definition) is 4. The number of carbonyl (C=O) groups excluding carboxylic acids is 1. The van der Waals surface area contributed by atoms with Crippen LogP contribution in [0.25, 0.3) is 0 Å². The summed E-state index contributed by atoms with van der Waals surface area (Å²) in [7, 11) is 3.77. The normalized spacial score (nSPS) is 10.2. The molecule has 0 aromatic carbocycles. The molecule has 5 nitrogen and oxygen atoms in total. The SMILES string of the molecule is CN(C)c1ccncc1NC(=O)c1ccoc1Cl. The maximum atomic E-state index is 12.0. The average Bonchev–Trinajstić information content (AvgIpc) is 2.76. The first-order valence-corrected chi connectivity index (χ1v) is 5.63. The van der Waals surface area contributed by atoms with Gasteiger partial charge in [0.25, 0.3) is 5.91 Å². The molecule has 0 aliphatic heterocycles. The third-order valence-corrected chi connectivity index (χ3v) is 2.68. The minimum absolute atomic E-state index is 0.0720. The zero-order chi connectivity index (χ0) is 13.1. The molecular weight excluding hydrogens is 254 g/mol. The third kappa shape index (κ3) is 2.46. The number of nitrogens with zero attached hydrogens (tertiary/aromatic N) is 2. The van der Waals surface area contributed by atoms with Crippen molar-refractivity contribution < 1.29 is 9.21 Å². The molecule has 0 aliphatic carbocycles. The molecule has 6 heteroatoms. The zero-order valence-electron chi connectivity index (χ0n) is 9.98. The Morgan fingerprint density at radius 3 is 2.83 bits per heavy atom. The highest BCUT2D eigenvalue weighted by Gasteiger charge is 2.15. The molecule has 1 amide bonds. The Balaban J connectivity index is 2.25. The van der Waals surface area contributed by atoms with Crippen molar-refractivity contribution in [3.8, 4) is 0 Å². The second-order valence-electron chi connectivity index (χ2n) is 3.85. The maximum Gasteiger partial charge on any atom is 0.260 e. The first-order chi connectivity index (χ1) is 8.59. The summed E-state index contributed by atoms with van der Waals surface area (Å²) in [4.78, 5) is 17.8. The van der Waals surface area contributed by atoms with Crippen LogP contribution < -0.4 is 10.2 Å². The Bertz CT molecular complexity index is 566. The van der Waals surface area contributed by atoms with E-state index in [1.54, 1.807) is 12.4 Å². The molecule has 18 heavy (non-hydrogen) atoms. The van der Waals surface area contributed by atoms with Crippen LogP contribution in [0.3, 0.4) is 0 Å². The number of anilines is 2. The van der Waals surface area contributed by atoms with Gasteiger partial charge in [0.1, 0.15) is 0 Å². The van der Waals surface area contributed by atoms with E-state index in [-0.39, 0.29) is 11.1 Å². The Hall–Kier alpha value is -2.01. The topological polar surface area (TPSA) is 58.4 Å². The second kappa shape index (κ2) is 5.10. The van der Waals surface area contributed by atoms with E-state index >= 15 is 0 Å². The van der Waals surface area contributed by atoms with Crippen molar-refractivity contribution in [2.75, 3.05) is 24.3 Å². The molecule has 1 N–H and O–H groups in total. The number of pyridine rings is 1. The molecule has 2 aromatic rings. The van der Waals surface area contributed by atoms with E-state index in [4.69, 9.17) is 16.0 Å². The highest BCUT2D eigenvalue weighted by atomic mass is 35.5.